The first-order chi connectivity index (χ1) is 25.0. The van der Waals surface area contributed by atoms with Gasteiger partial charge in [0, 0.05) is 33.6 Å². The van der Waals surface area contributed by atoms with Gasteiger partial charge in [-0.05, 0) is 12.8 Å². The minimum atomic E-state index is -1.04. The lowest BCUT2D eigenvalue weighted by molar-refractivity contribution is -0.159. The molecule has 0 saturated carbocycles. The first-order valence-electron chi connectivity index (χ1n) is 16.3. The zero-order chi connectivity index (χ0) is 38.9. The number of thiazole rings is 2. The summed E-state index contributed by atoms with van der Waals surface area (Å²) in [5, 5.41) is 10.4. The average Bonchev–Trinajstić information content (AvgIpc) is 3.81. The van der Waals surface area contributed by atoms with Gasteiger partial charge >= 0.3 is 27.7 Å². The number of ether oxygens (including phenoxy) is 5. The maximum Gasteiger partial charge on any atom is 0.311 e. The van der Waals surface area contributed by atoms with Crippen LogP contribution in [0.5, 0.6) is 0 Å². The fourth-order valence-electron chi connectivity index (χ4n) is 6.22. The molecule has 0 aliphatic carbocycles. The average molecular weight is 815 g/mol. The van der Waals surface area contributed by atoms with Crippen LogP contribution in [-0.4, -0.2) is 88.7 Å². The normalized spacial score (nSPS) is 22.8. The highest BCUT2D eigenvalue weighted by atomic mass is 32.1. The number of esters is 3. The molecular formula is C32H46N8O13S2. The van der Waals surface area contributed by atoms with E-state index in [2.05, 4.69) is 19.9 Å². The van der Waals surface area contributed by atoms with Crippen LogP contribution in [0.2, 0.25) is 0 Å². The van der Waals surface area contributed by atoms with E-state index in [1.54, 1.807) is 0 Å². The molecule has 0 bridgehead atoms. The number of aliphatic hydroxyl groups is 1. The Labute approximate surface area is 320 Å². The fourth-order valence-corrected chi connectivity index (χ4v) is 7.90. The van der Waals surface area contributed by atoms with Gasteiger partial charge in [0.15, 0.2) is 23.8 Å². The van der Waals surface area contributed by atoms with E-state index in [1.165, 1.54) is 20.8 Å². The molecule has 4 aromatic rings. The van der Waals surface area contributed by atoms with Crippen molar-refractivity contribution < 1.29 is 43.2 Å². The molecule has 0 amide bonds. The molecule has 2 aliphatic heterocycles. The minimum absolute atomic E-state index is 0. The highest BCUT2D eigenvalue weighted by molar-refractivity contribution is 7.16. The van der Waals surface area contributed by atoms with Crippen molar-refractivity contribution in [2.75, 3.05) is 11.5 Å². The molecular weight excluding hydrogens is 769 g/mol. The molecule has 304 valence electrons. The molecule has 7 N–H and O–H groups in total. The number of nitrogens with two attached hydrogens (primary N) is 2. The van der Waals surface area contributed by atoms with Gasteiger partial charge in [0.2, 0.25) is 11.9 Å². The SMILES string of the molecule is C.C.CC[C@H](OC(C)=O)[C@@H]1C[C@@H](O)[C@H](n2c(=O)sc3c(=O)[nH]c(N)nc32)O1.CC[C@H](OC(C)=O)[C@@H]1C[C@@H](OC(C)=O)[C@H](n2c(=O)sc3c(=O)[nH]c(N)nc32)O1. The van der Waals surface area contributed by atoms with Crippen molar-refractivity contribution in [1.82, 2.24) is 29.1 Å². The number of hydrogen-bond acceptors (Lipinski definition) is 19. The van der Waals surface area contributed by atoms with Crippen LogP contribution in [0, 0.1) is 0 Å². The van der Waals surface area contributed by atoms with Gasteiger partial charge in [0.05, 0.1) is 6.10 Å². The number of nitrogens with zero attached hydrogens (tertiary/aromatic N) is 4. The van der Waals surface area contributed by atoms with Crippen LogP contribution in [0.3, 0.4) is 0 Å². The van der Waals surface area contributed by atoms with Crippen molar-refractivity contribution in [2.45, 2.75) is 124 Å². The van der Waals surface area contributed by atoms with Crippen LogP contribution < -0.4 is 32.3 Å². The number of aromatic amines is 2. The summed E-state index contributed by atoms with van der Waals surface area (Å²) in [4.78, 5) is 94.7. The van der Waals surface area contributed by atoms with Gasteiger partial charge < -0.3 is 40.3 Å². The quantitative estimate of drug-likeness (QED) is 0.117. The van der Waals surface area contributed by atoms with E-state index < -0.39 is 87.9 Å². The Kier molecular flexibility index (Phi) is 14.6. The topological polar surface area (TPSA) is 305 Å². The van der Waals surface area contributed by atoms with Gasteiger partial charge in [-0.1, -0.05) is 51.4 Å². The molecule has 55 heavy (non-hydrogen) atoms. The Morgan fingerprint density at radius 3 is 1.62 bits per heavy atom. The smallest absolute Gasteiger partial charge is 0.311 e. The number of H-pyrrole nitrogens is 2. The molecule has 0 aromatic carbocycles. The van der Waals surface area contributed by atoms with Crippen LogP contribution in [-0.2, 0) is 38.1 Å². The molecule has 6 heterocycles. The van der Waals surface area contributed by atoms with E-state index in [-0.39, 0.29) is 60.3 Å². The molecule has 6 rings (SSSR count). The highest BCUT2D eigenvalue weighted by Crippen LogP contribution is 2.36. The zero-order valence-corrected chi connectivity index (χ0v) is 30.7. The number of nitrogen functional groups attached to an aromatic ring is 2. The predicted octanol–water partition coefficient (Wildman–Crippen LogP) is 1.28. The number of nitrogens with one attached hydrogen (secondary N) is 2. The van der Waals surface area contributed by atoms with E-state index >= 15 is 0 Å². The summed E-state index contributed by atoms with van der Waals surface area (Å²) in [7, 11) is 0. The largest absolute Gasteiger partial charge is 0.460 e. The van der Waals surface area contributed by atoms with Crippen molar-refractivity contribution in [3.05, 3.63) is 40.0 Å². The van der Waals surface area contributed by atoms with Crippen molar-refractivity contribution >= 4 is 73.2 Å². The number of carbonyl (C=O) groups excluding carboxylic acids is 3. The fraction of sp³-hybridized carbons (Fsp3) is 0.594. The van der Waals surface area contributed by atoms with Gasteiger partial charge in [-0.2, -0.15) is 9.97 Å². The van der Waals surface area contributed by atoms with Gasteiger partial charge in [-0.15, -0.1) is 0 Å². The van der Waals surface area contributed by atoms with Crippen LogP contribution >= 0.6 is 22.7 Å². The standard InChI is InChI=1S/C16H20N4O7S.C14H18N4O6S.2CH4/c1-4-8(25-6(2)21)9-5-10(26-7(3)22)14(27-9)20-12-11(28-16(20)24)13(23)19-15(17)18-12;1-3-7(23-5(2)19)8-4-6(20)12(24-8)18-10-9(25-14(18)22)11(21)17-13(15)16-10;;/h8-10,14H,4-5H2,1-3H3,(H3,17,18,19,23);6-8,12,20H,3-4H2,1-2H3,(H3,15,16,17,21);2*1H4/t8-,9-,10+,14+;6-,7+,8+,12-;;/m01../s1. The predicted molar refractivity (Wildman–Crippen MR) is 202 cm³/mol. The summed E-state index contributed by atoms with van der Waals surface area (Å²) in [6.45, 7) is 7.46. The summed E-state index contributed by atoms with van der Waals surface area (Å²) in [6.07, 6.45) is -4.88. The summed E-state index contributed by atoms with van der Waals surface area (Å²) < 4.78 is 30.0. The molecule has 0 spiro atoms. The summed E-state index contributed by atoms with van der Waals surface area (Å²) in [6, 6.07) is 0. The summed E-state index contributed by atoms with van der Waals surface area (Å²) in [5.74, 6) is -1.78. The second kappa shape index (κ2) is 18.1. The second-order valence-corrected chi connectivity index (χ2v) is 14.0. The number of carbonyl (C=O) groups is 3. The second-order valence-electron chi connectivity index (χ2n) is 12.1. The summed E-state index contributed by atoms with van der Waals surface area (Å²) in [5.41, 5.74) is 10.2. The van der Waals surface area contributed by atoms with Gasteiger partial charge in [0.1, 0.15) is 39.9 Å². The lowest BCUT2D eigenvalue weighted by Gasteiger charge is -2.22. The van der Waals surface area contributed by atoms with Crippen LogP contribution in [0.4, 0.5) is 11.9 Å². The first kappa shape index (κ1) is 44.4. The van der Waals surface area contributed by atoms with Gasteiger partial charge in [-0.25, -0.2) is 0 Å². The Bertz CT molecular complexity index is 2260. The Hall–Kier alpha value is -4.97. The lowest BCUT2D eigenvalue weighted by atomic mass is 10.1. The maximum absolute atomic E-state index is 12.6. The molecule has 4 aromatic heterocycles. The molecule has 23 heteroatoms. The highest BCUT2D eigenvalue weighted by Gasteiger charge is 2.45. The third kappa shape index (κ3) is 9.47. The first-order valence-corrected chi connectivity index (χ1v) is 18.0. The van der Waals surface area contributed by atoms with E-state index in [0.29, 0.717) is 35.5 Å². The molecule has 0 unspecified atom stereocenters. The van der Waals surface area contributed by atoms with E-state index in [4.69, 9.17) is 35.2 Å². The number of rotatable bonds is 9. The number of fused-ring (bicyclic) bond motifs is 2. The maximum atomic E-state index is 12.6. The molecule has 8 atom stereocenters. The van der Waals surface area contributed by atoms with Gasteiger partial charge in [0.25, 0.3) is 11.1 Å². The third-order valence-electron chi connectivity index (χ3n) is 8.29. The van der Waals surface area contributed by atoms with Crippen molar-refractivity contribution in [3.63, 3.8) is 0 Å². The van der Waals surface area contributed by atoms with Crippen LogP contribution in [0.15, 0.2) is 19.2 Å². The zero-order valence-electron chi connectivity index (χ0n) is 29.1. The Balaban J connectivity index is 0.000000287. The number of aromatic nitrogens is 6. The molecule has 2 fully saturated rings. The Morgan fingerprint density at radius 2 is 1.20 bits per heavy atom. The number of hydrogen-bond donors (Lipinski definition) is 5. The van der Waals surface area contributed by atoms with E-state index in [1.807, 2.05) is 13.8 Å². The monoisotopic (exact) mass is 814 g/mol. The Morgan fingerprint density at radius 1 is 0.782 bits per heavy atom. The minimum Gasteiger partial charge on any atom is -0.460 e. The van der Waals surface area contributed by atoms with Gasteiger partial charge in [-0.3, -0.25) is 52.7 Å². The van der Waals surface area contributed by atoms with Crippen molar-refractivity contribution in [3.8, 4) is 0 Å². The van der Waals surface area contributed by atoms with Crippen LogP contribution in [0.25, 0.3) is 20.7 Å². The van der Waals surface area contributed by atoms with E-state index in [9.17, 15) is 38.7 Å². The lowest BCUT2D eigenvalue weighted by Crippen LogP contribution is -2.31. The molecule has 21 nitrogen and oxygen atoms in total. The van der Waals surface area contributed by atoms with Crippen LogP contribution in [0.1, 0.15) is 87.6 Å². The molecule has 2 saturated heterocycles. The number of anilines is 2. The molecule has 0 radical (unpaired) electrons. The summed E-state index contributed by atoms with van der Waals surface area (Å²) >= 11 is 1.39. The number of aliphatic hydroxyl groups excluding tert-OH is 1. The van der Waals surface area contributed by atoms with Crippen molar-refractivity contribution in [2.24, 2.45) is 0 Å². The molecule has 2 aliphatic rings. The third-order valence-corrected chi connectivity index (χ3v) is 10.2. The van der Waals surface area contributed by atoms with E-state index in [0.717, 1.165) is 9.13 Å². The van der Waals surface area contributed by atoms with Crippen molar-refractivity contribution in [1.29, 1.82) is 0 Å².